The third-order valence-corrected chi connectivity index (χ3v) is 3.87. The van der Waals surface area contributed by atoms with E-state index in [-0.39, 0.29) is 6.61 Å². The summed E-state index contributed by atoms with van der Waals surface area (Å²) in [5, 5.41) is 29.2. The minimum atomic E-state index is -1.10. The lowest BCUT2D eigenvalue weighted by Gasteiger charge is -2.18. The highest BCUT2D eigenvalue weighted by molar-refractivity contribution is 5.79. The van der Waals surface area contributed by atoms with Crippen LogP contribution < -0.4 is 0 Å². The molecule has 3 N–H and O–H groups in total. The first-order chi connectivity index (χ1) is 9.54. The first kappa shape index (κ1) is 13.5. The third kappa shape index (κ3) is 1.84. The Bertz CT molecular complexity index is 639. The molecule has 6 nitrogen and oxygen atoms in total. The highest BCUT2D eigenvalue weighted by atomic mass is 16.6. The second kappa shape index (κ2) is 4.82. The summed E-state index contributed by atoms with van der Waals surface area (Å²) < 4.78 is 7.35. The van der Waals surface area contributed by atoms with Crippen molar-refractivity contribution < 1.29 is 20.1 Å². The lowest BCUT2D eigenvalue weighted by molar-refractivity contribution is -0.0517. The van der Waals surface area contributed by atoms with E-state index in [1.807, 2.05) is 32.0 Å². The van der Waals surface area contributed by atoms with E-state index in [1.165, 1.54) is 0 Å². The fourth-order valence-corrected chi connectivity index (χ4v) is 2.79. The zero-order chi connectivity index (χ0) is 14.4. The van der Waals surface area contributed by atoms with Crippen LogP contribution in [0.1, 0.15) is 17.6 Å². The minimum absolute atomic E-state index is 0.334. The van der Waals surface area contributed by atoms with Crippen molar-refractivity contribution in [2.24, 2.45) is 0 Å². The Labute approximate surface area is 116 Å². The second-order valence-corrected chi connectivity index (χ2v) is 5.20. The third-order valence-electron chi connectivity index (χ3n) is 3.87. The van der Waals surface area contributed by atoms with E-state index in [1.54, 1.807) is 4.57 Å². The predicted molar refractivity (Wildman–Crippen MR) is 72.2 cm³/mol. The Morgan fingerprint density at radius 2 is 2.00 bits per heavy atom. The van der Waals surface area contributed by atoms with Crippen molar-refractivity contribution in [1.82, 2.24) is 9.55 Å². The van der Waals surface area contributed by atoms with Gasteiger partial charge in [0.15, 0.2) is 6.23 Å². The molecule has 0 aliphatic carbocycles. The molecule has 1 fully saturated rings. The number of imidazole rings is 1. The fraction of sp³-hybridized carbons (Fsp3) is 0.500. The van der Waals surface area contributed by atoms with Gasteiger partial charge in [0, 0.05) is 0 Å². The van der Waals surface area contributed by atoms with E-state index < -0.39 is 24.5 Å². The van der Waals surface area contributed by atoms with Gasteiger partial charge in [-0.2, -0.15) is 0 Å². The summed E-state index contributed by atoms with van der Waals surface area (Å²) in [7, 11) is 0. The number of aromatic nitrogens is 2. The highest BCUT2D eigenvalue weighted by Crippen LogP contribution is 2.33. The van der Waals surface area contributed by atoms with E-state index in [2.05, 4.69) is 4.98 Å². The topological polar surface area (TPSA) is 87.7 Å². The maximum Gasteiger partial charge on any atom is 0.164 e. The van der Waals surface area contributed by atoms with E-state index in [0.29, 0.717) is 5.82 Å². The summed E-state index contributed by atoms with van der Waals surface area (Å²) in [4.78, 5) is 4.50. The van der Waals surface area contributed by atoms with Crippen molar-refractivity contribution in [2.45, 2.75) is 38.4 Å². The minimum Gasteiger partial charge on any atom is -0.394 e. The quantitative estimate of drug-likeness (QED) is 0.733. The molecule has 1 saturated heterocycles. The van der Waals surface area contributed by atoms with E-state index >= 15 is 0 Å². The number of hydrogen-bond donors (Lipinski definition) is 3. The zero-order valence-corrected chi connectivity index (χ0v) is 11.4. The van der Waals surface area contributed by atoms with Crippen LogP contribution in [0.5, 0.6) is 0 Å². The molecule has 3 rings (SSSR count). The molecule has 4 atom stereocenters. The average molecular weight is 278 g/mol. The van der Waals surface area contributed by atoms with Crippen molar-refractivity contribution in [3.8, 4) is 0 Å². The second-order valence-electron chi connectivity index (χ2n) is 5.20. The van der Waals surface area contributed by atoms with Gasteiger partial charge in [0.25, 0.3) is 0 Å². The van der Waals surface area contributed by atoms with Crippen LogP contribution in [-0.4, -0.2) is 49.8 Å². The average Bonchev–Trinajstić information content (AvgIpc) is 2.90. The Morgan fingerprint density at radius 3 is 2.65 bits per heavy atom. The first-order valence-corrected chi connectivity index (χ1v) is 6.61. The Hall–Kier alpha value is -1.47. The molecule has 6 heteroatoms. The predicted octanol–water partition coefficient (Wildman–Crippen LogP) is 0.265. The highest BCUT2D eigenvalue weighted by Gasteiger charge is 2.44. The summed E-state index contributed by atoms with van der Waals surface area (Å²) in [5.41, 5.74) is 2.73. The number of hydrogen-bond acceptors (Lipinski definition) is 5. The van der Waals surface area contributed by atoms with Crippen LogP contribution in [0.25, 0.3) is 11.0 Å². The number of rotatable bonds is 2. The SMILES string of the molecule is Cc1cccc2c1nc(C)n2C1O[C@H](CO)[C@@H](O)[C@H]1O. The van der Waals surface area contributed by atoms with Crippen molar-refractivity contribution in [3.05, 3.63) is 29.6 Å². The van der Waals surface area contributed by atoms with Gasteiger partial charge in [0.05, 0.1) is 17.6 Å². The maximum absolute atomic E-state index is 10.1. The van der Waals surface area contributed by atoms with Crippen LogP contribution in [-0.2, 0) is 4.74 Å². The molecule has 1 aliphatic rings. The standard InChI is InChI=1S/C14H18N2O4/c1-7-4-3-5-9-11(7)15-8(2)16(9)14-13(19)12(18)10(6-17)20-14/h3-5,10,12-14,17-19H,6H2,1-2H3/t10-,12-,13-,14?/m1/s1. The number of nitrogens with zero attached hydrogens (tertiary/aromatic N) is 2. The van der Waals surface area contributed by atoms with E-state index in [4.69, 9.17) is 4.74 Å². The Kier molecular flexibility index (Phi) is 3.25. The van der Waals surface area contributed by atoms with Crippen LogP contribution >= 0.6 is 0 Å². The number of aryl methyl sites for hydroxylation is 2. The maximum atomic E-state index is 10.1. The van der Waals surface area contributed by atoms with E-state index in [9.17, 15) is 15.3 Å². The first-order valence-electron chi connectivity index (χ1n) is 6.61. The van der Waals surface area contributed by atoms with Crippen LogP contribution in [0.4, 0.5) is 0 Å². The van der Waals surface area contributed by atoms with E-state index in [0.717, 1.165) is 16.6 Å². The Balaban J connectivity index is 2.11. The number of fused-ring (bicyclic) bond motifs is 1. The van der Waals surface area contributed by atoms with Gasteiger partial charge < -0.3 is 20.1 Å². The molecule has 0 radical (unpaired) electrons. The summed E-state index contributed by atoms with van der Waals surface area (Å²) in [6, 6.07) is 5.78. The summed E-state index contributed by atoms with van der Waals surface area (Å²) in [5.74, 6) is 0.698. The number of aliphatic hydroxyl groups is 3. The van der Waals surface area contributed by atoms with Gasteiger partial charge in [-0.15, -0.1) is 0 Å². The molecule has 2 aromatic rings. The van der Waals surface area contributed by atoms with Gasteiger partial charge >= 0.3 is 0 Å². The molecule has 108 valence electrons. The molecule has 1 aliphatic heterocycles. The van der Waals surface area contributed by atoms with Crippen molar-refractivity contribution in [2.75, 3.05) is 6.61 Å². The molecule has 1 aromatic heterocycles. The summed E-state index contributed by atoms with van der Waals surface area (Å²) in [6.45, 7) is 3.46. The molecule has 1 unspecified atom stereocenters. The van der Waals surface area contributed by atoms with Gasteiger partial charge in [-0.1, -0.05) is 12.1 Å². The molecular weight excluding hydrogens is 260 g/mol. The van der Waals surface area contributed by atoms with Crippen molar-refractivity contribution in [1.29, 1.82) is 0 Å². The van der Waals surface area contributed by atoms with Gasteiger partial charge in [-0.3, -0.25) is 4.57 Å². The molecule has 0 spiro atoms. The van der Waals surface area contributed by atoms with Crippen LogP contribution in [0, 0.1) is 13.8 Å². The molecular formula is C14H18N2O4. The van der Waals surface area contributed by atoms with Crippen LogP contribution in [0.3, 0.4) is 0 Å². The molecule has 0 bridgehead atoms. The fourth-order valence-electron chi connectivity index (χ4n) is 2.79. The number of ether oxygens (including phenoxy) is 1. The largest absolute Gasteiger partial charge is 0.394 e. The van der Waals surface area contributed by atoms with Crippen LogP contribution in [0.15, 0.2) is 18.2 Å². The van der Waals surface area contributed by atoms with Crippen molar-refractivity contribution >= 4 is 11.0 Å². The monoisotopic (exact) mass is 278 g/mol. The van der Waals surface area contributed by atoms with Gasteiger partial charge in [-0.25, -0.2) is 4.98 Å². The van der Waals surface area contributed by atoms with Crippen LogP contribution in [0.2, 0.25) is 0 Å². The molecule has 0 saturated carbocycles. The molecule has 0 amide bonds. The van der Waals surface area contributed by atoms with Gasteiger partial charge in [0.2, 0.25) is 0 Å². The lowest BCUT2D eigenvalue weighted by atomic mass is 10.1. The van der Waals surface area contributed by atoms with Crippen molar-refractivity contribution in [3.63, 3.8) is 0 Å². The normalized spacial score (nSPS) is 30.2. The molecule has 20 heavy (non-hydrogen) atoms. The Morgan fingerprint density at radius 1 is 1.25 bits per heavy atom. The number of aliphatic hydroxyl groups excluding tert-OH is 3. The smallest absolute Gasteiger partial charge is 0.164 e. The lowest BCUT2D eigenvalue weighted by Crippen LogP contribution is -2.33. The zero-order valence-electron chi connectivity index (χ0n) is 11.4. The van der Waals surface area contributed by atoms with Gasteiger partial charge in [0.1, 0.15) is 24.1 Å². The van der Waals surface area contributed by atoms with Gasteiger partial charge in [-0.05, 0) is 25.5 Å². The summed E-state index contributed by atoms with van der Waals surface area (Å²) in [6.07, 6.45) is -3.72. The summed E-state index contributed by atoms with van der Waals surface area (Å²) >= 11 is 0. The molecule has 2 heterocycles. The number of benzene rings is 1. The molecule has 1 aromatic carbocycles. The number of para-hydroxylation sites is 1.